The van der Waals surface area contributed by atoms with E-state index in [0.717, 1.165) is 6.42 Å². The van der Waals surface area contributed by atoms with Gasteiger partial charge in [0.15, 0.2) is 0 Å². The minimum Gasteiger partial charge on any atom is -0.508 e. The first-order chi connectivity index (χ1) is 16.2. The molecule has 0 spiro atoms. The first kappa shape index (κ1) is 27.1. The molecule has 0 radical (unpaired) electrons. The smallest absolute Gasteiger partial charge is 0.328 e. The maximum atomic E-state index is 13.2. The molecule has 5 atom stereocenters. The van der Waals surface area contributed by atoms with Crippen LogP contribution in [0.1, 0.15) is 38.7 Å². The van der Waals surface area contributed by atoms with E-state index in [9.17, 15) is 29.4 Å². The van der Waals surface area contributed by atoms with E-state index in [0.29, 0.717) is 24.9 Å². The van der Waals surface area contributed by atoms with Crippen molar-refractivity contribution in [1.29, 1.82) is 0 Å². The number of benzene rings is 1. The number of aromatic hydroxyl groups is 1. The van der Waals surface area contributed by atoms with Crippen LogP contribution >= 0.6 is 0 Å². The molecule has 11 heteroatoms. The van der Waals surface area contributed by atoms with Crippen molar-refractivity contribution in [2.75, 3.05) is 13.2 Å². The number of aliphatic hydroxyl groups excluding tert-OH is 1. The molecule has 3 amide bonds. The van der Waals surface area contributed by atoms with Crippen molar-refractivity contribution in [3.63, 3.8) is 0 Å². The van der Waals surface area contributed by atoms with Crippen LogP contribution in [0.3, 0.4) is 0 Å². The van der Waals surface area contributed by atoms with Gasteiger partial charge in [0.2, 0.25) is 17.7 Å². The molecule has 0 saturated carbocycles. The Hall–Kier alpha value is -3.18. The van der Waals surface area contributed by atoms with E-state index in [4.69, 9.17) is 5.11 Å². The number of amides is 3. The van der Waals surface area contributed by atoms with Gasteiger partial charge in [-0.2, -0.15) is 0 Å². The molecule has 11 nitrogen and oxygen atoms in total. The number of aliphatic carboxylic acids is 1. The molecule has 0 aromatic heterocycles. The number of phenols is 1. The summed E-state index contributed by atoms with van der Waals surface area (Å²) in [5.41, 5.74) is 0.688. The molecule has 2 rings (SSSR count). The fourth-order valence-corrected chi connectivity index (χ4v) is 3.66. The summed E-state index contributed by atoms with van der Waals surface area (Å²) >= 11 is 0. The summed E-state index contributed by atoms with van der Waals surface area (Å²) < 4.78 is 0. The molecule has 1 aliphatic rings. The summed E-state index contributed by atoms with van der Waals surface area (Å²) in [5.74, 6) is -3.35. The zero-order chi connectivity index (χ0) is 25.3. The molecular weight excluding hydrogens is 444 g/mol. The number of carboxylic acid groups (broad SMARTS) is 1. The van der Waals surface area contributed by atoms with Crippen LogP contribution in [-0.2, 0) is 25.6 Å². The number of aliphatic hydroxyl groups is 1. The van der Waals surface area contributed by atoms with Crippen LogP contribution in [0, 0.1) is 5.92 Å². The number of carbonyl (C=O) groups is 4. The summed E-state index contributed by atoms with van der Waals surface area (Å²) in [6, 6.07) is 2.21. The molecule has 0 aliphatic carbocycles. The van der Waals surface area contributed by atoms with E-state index in [1.807, 2.05) is 6.92 Å². The van der Waals surface area contributed by atoms with Crippen LogP contribution in [0.25, 0.3) is 0 Å². The molecule has 1 saturated heterocycles. The summed E-state index contributed by atoms with van der Waals surface area (Å²) in [7, 11) is 0. The number of rotatable bonds is 12. The van der Waals surface area contributed by atoms with Gasteiger partial charge in [0.05, 0.1) is 12.6 Å². The van der Waals surface area contributed by atoms with E-state index < -0.39 is 48.6 Å². The van der Waals surface area contributed by atoms with Gasteiger partial charge in [-0.25, -0.2) is 4.79 Å². The highest BCUT2D eigenvalue weighted by molar-refractivity contribution is 5.94. The second kappa shape index (κ2) is 12.9. The van der Waals surface area contributed by atoms with Crippen molar-refractivity contribution in [2.45, 2.75) is 63.7 Å². The van der Waals surface area contributed by atoms with Crippen molar-refractivity contribution in [3.05, 3.63) is 29.8 Å². The highest BCUT2D eigenvalue weighted by Gasteiger charge is 2.33. The second-order valence-electron chi connectivity index (χ2n) is 8.53. The Bertz CT molecular complexity index is 855. The second-order valence-corrected chi connectivity index (χ2v) is 8.53. The predicted molar refractivity (Wildman–Crippen MR) is 123 cm³/mol. The Morgan fingerprint density at radius 3 is 2.26 bits per heavy atom. The summed E-state index contributed by atoms with van der Waals surface area (Å²) in [6.07, 6.45) is 2.12. The van der Waals surface area contributed by atoms with E-state index in [-0.39, 0.29) is 24.0 Å². The van der Waals surface area contributed by atoms with Gasteiger partial charge in [-0.05, 0) is 43.0 Å². The maximum absolute atomic E-state index is 13.2. The Morgan fingerprint density at radius 1 is 1.06 bits per heavy atom. The zero-order valence-electron chi connectivity index (χ0n) is 19.4. The molecule has 7 N–H and O–H groups in total. The van der Waals surface area contributed by atoms with Crippen LogP contribution in [-0.4, -0.2) is 76.3 Å². The average Bonchev–Trinajstić information content (AvgIpc) is 3.36. The number of carbonyl (C=O) groups excluding carboxylic acids is 3. The Morgan fingerprint density at radius 2 is 1.74 bits per heavy atom. The molecule has 1 aromatic carbocycles. The van der Waals surface area contributed by atoms with Crippen LogP contribution in [0.4, 0.5) is 0 Å². The van der Waals surface area contributed by atoms with Crippen LogP contribution < -0.4 is 21.3 Å². The fraction of sp³-hybridized carbons (Fsp3) is 0.565. The SMILES string of the molecule is CCC(C)C(NC(=O)C(Cc1ccc(O)cc1)NC(=O)C1CCCN1)C(=O)NC(CO)C(=O)O. The van der Waals surface area contributed by atoms with E-state index in [1.54, 1.807) is 19.1 Å². The highest BCUT2D eigenvalue weighted by atomic mass is 16.4. The highest BCUT2D eigenvalue weighted by Crippen LogP contribution is 2.14. The average molecular weight is 479 g/mol. The molecule has 1 heterocycles. The zero-order valence-corrected chi connectivity index (χ0v) is 19.4. The van der Waals surface area contributed by atoms with Gasteiger partial charge in [-0.15, -0.1) is 0 Å². The lowest BCUT2D eigenvalue weighted by Gasteiger charge is -2.28. The van der Waals surface area contributed by atoms with Crippen LogP contribution in [0.2, 0.25) is 0 Å². The number of nitrogens with one attached hydrogen (secondary N) is 4. The Kier molecular flexibility index (Phi) is 10.3. The normalized spacial score (nSPS) is 18.9. The van der Waals surface area contributed by atoms with Crippen molar-refractivity contribution in [1.82, 2.24) is 21.3 Å². The number of hydrogen-bond acceptors (Lipinski definition) is 7. The van der Waals surface area contributed by atoms with E-state index in [2.05, 4.69) is 21.3 Å². The van der Waals surface area contributed by atoms with Crippen molar-refractivity contribution < 1.29 is 34.5 Å². The van der Waals surface area contributed by atoms with Gasteiger partial charge < -0.3 is 36.6 Å². The van der Waals surface area contributed by atoms with Gasteiger partial charge in [-0.1, -0.05) is 32.4 Å². The quantitative estimate of drug-likeness (QED) is 0.205. The van der Waals surface area contributed by atoms with Gasteiger partial charge >= 0.3 is 5.97 Å². The monoisotopic (exact) mass is 478 g/mol. The first-order valence-corrected chi connectivity index (χ1v) is 11.4. The molecule has 1 fully saturated rings. The third-order valence-electron chi connectivity index (χ3n) is 5.98. The fourth-order valence-electron chi connectivity index (χ4n) is 3.66. The number of phenolic OH excluding ortho intramolecular Hbond substituents is 1. The van der Waals surface area contributed by atoms with E-state index in [1.165, 1.54) is 12.1 Å². The third kappa shape index (κ3) is 7.70. The van der Waals surface area contributed by atoms with Crippen LogP contribution in [0.5, 0.6) is 5.75 Å². The molecule has 34 heavy (non-hydrogen) atoms. The van der Waals surface area contributed by atoms with Gasteiger partial charge in [0.25, 0.3) is 0 Å². The summed E-state index contributed by atoms with van der Waals surface area (Å²) in [4.78, 5) is 49.9. The van der Waals surface area contributed by atoms with Crippen molar-refractivity contribution in [3.8, 4) is 5.75 Å². The standard InChI is InChI=1S/C23H34N4O7/c1-3-13(2)19(22(32)26-18(12-28)23(33)34)27-21(31)17(11-14-6-8-15(29)9-7-14)25-20(30)16-5-4-10-24-16/h6-9,13,16-19,24,28-29H,3-5,10-12H2,1-2H3,(H,25,30)(H,26,32)(H,27,31)(H,33,34). The van der Waals surface area contributed by atoms with Crippen molar-refractivity contribution >= 4 is 23.7 Å². The predicted octanol–water partition coefficient (Wildman–Crippen LogP) is -0.736. The summed E-state index contributed by atoms with van der Waals surface area (Å²) in [6.45, 7) is 3.46. The van der Waals surface area contributed by atoms with Crippen molar-refractivity contribution in [2.24, 2.45) is 5.92 Å². The van der Waals surface area contributed by atoms with Gasteiger partial charge in [0, 0.05) is 6.42 Å². The third-order valence-corrected chi connectivity index (χ3v) is 5.98. The maximum Gasteiger partial charge on any atom is 0.328 e. The Balaban J connectivity index is 2.20. The first-order valence-electron chi connectivity index (χ1n) is 11.4. The lowest BCUT2D eigenvalue weighted by molar-refractivity contribution is -0.143. The van der Waals surface area contributed by atoms with E-state index >= 15 is 0 Å². The topological polar surface area (TPSA) is 177 Å². The Labute approximate surface area is 198 Å². The molecule has 5 unspecified atom stereocenters. The van der Waals surface area contributed by atoms with Gasteiger partial charge in [-0.3, -0.25) is 14.4 Å². The van der Waals surface area contributed by atoms with Crippen LogP contribution in [0.15, 0.2) is 24.3 Å². The van der Waals surface area contributed by atoms with Gasteiger partial charge in [0.1, 0.15) is 23.9 Å². The number of carboxylic acids is 1. The largest absolute Gasteiger partial charge is 0.508 e. The number of hydrogen-bond donors (Lipinski definition) is 7. The summed E-state index contributed by atoms with van der Waals surface area (Å²) in [5, 5.41) is 38.6. The lowest BCUT2D eigenvalue weighted by atomic mass is 9.96. The minimum atomic E-state index is -1.50. The molecule has 1 aromatic rings. The minimum absolute atomic E-state index is 0.0642. The molecule has 0 bridgehead atoms. The molecular formula is C23H34N4O7. The molecule has 188 valence electrons. The lowest BCUT2D eigenvalue weighted by Crippen LogP contribution is -2.59. The molecule has 1 aliphatic heterocycles.